The van der Waals surface area contributed by atoms with Gasteiger partial charge in [0.2, 0.25) is 5.91 Å². The number of fused-ring (bicyclic) bond motifs is 1. The van der Waals surface area contributed by atoms with E-state index in [-0.39, 0.29) is 11.3 Å². The third kappa shape index (κ3) is 2.04. The summed E-state index contributed by atoms with van der Waals surface area (Å²) in [6.45, 7) is 7.47. The molecule has 2 rings (SSSR count). The summed E-state index contributed by atoms with van der Waals surface area (Å²) in [6, 6.07) is 0. The van der Waals surface area contributed by atoms with Gasteiger partial charge < -0.3 is 4.90 Å². The average Bonchev–Trinajstić information content (AvgIpc) is 2.61. The van der Waals surface area contributed by atoms with Crippen LogP contribution in [0.15, 0.2) is 5.51 Å². The number of carbonyl (C=O) groups excluding carboxylic acids is 1. The highest BCUT2D eigenvalue weighted by Gasteiger charge is 2.30. The Morgan fingerprint density at radius 3 is 2.93 bits per heavy atom. The Morgan fingerprint density at radius 1 is 1.53 bits per heavy atom. The molecule has 0 aromatic carbocycles. The molecule has 0 bridgehead atoms. The van der Waals surface area contributed by atoms with Crippen LogP contribution in [0.2, 0.25) is 0 Å². The van der Waals surface area contributed by atoms with Crippen LogP contribution in [-0.2, 0) is 17.8 Å². The van der Waals surface area contributed by atoms with Crippen molar-refractivity contribution >= 4 is 17.2 Å². The molecule has 82 valence electrons. The average molecular weight is 224 g/mol. The molecule has 0 unspecified atom stereocenters. The third-order valence-electron chi connectivity index (χ3n) is 2.61. The minimum Gasteiger partial charge on any atom is -0.337 e. The quantitative estimate of drug-likeness (QED) is 0.676. The summed E-state index contributed by atoms with van der Waals surface area (Å²) in [5, 5.41) is 0. The summed E-state index contributed by atoms with van der Waals surface area (Å²) >= 11 is 1.65. The van der Waals surface area contributed by atoms with E-state index in [1.165, 1.54) is 10.6 Å². The number of rotatable bonds is 0. The fraction of sp³-hybridized carbons (Fsp3) is 0.636. The first-order valence-electron chi connectivity index (χ1n) is 5.19. The summed E-state index contributed by atoms with van der Waals surface area (Å²) in [5.41, 5.74) is 2.77. The second-order valence-electron chi connectivity index (χ2n) is 4.95. The topological polar surface area (TPSA) is 33.2 Å². The lowest BCUT2D eigenvalue weighted by atomic mass is 9.94. The number of hydrogen-bond acceptors (Lipinski definition) is 3. The van der Waals surface area contributed by atoms with Gasteiger partial charge in [0.15, 0.2) is 0 Å². The SMILES string of the molecule is CC(C)(C)C(=O)N1CCc2ncsc2C1. The van der Waals surface area contributed by atoms with Crippen molar-refractivity contribution in [3.8, 4) is 0 Å². The molecule has 1 amide bonds. The molecule has 0 spiro atoms. The zero-order valence-electron chi connectivity index (χ0n) is 9.41. The normalized spacial score (nSPS) is 16.3. The first-order chi connectivity index (χ1) is 6.98. The molecule has 0 saturated carbocycles. The maximum Gasteiger partial charge on any atom is 0.228 e. The van der Waals surface area contributed by atoms with Crippen molar-refractivity contribution < 1.29 is 4.79 Å². The number of amides is 1. The Kier molecular flexibility index (Phi) is 2.54. The standard InChI is InChI=1S/C11H16N2OS/c1-11(2,3)10(14)13-5-4-8-9(6-13)15-7-12-8/h7H,4-6H2,1-3H3. The van der Waals surface area contributed by atoms with Gasteiger partial charge in [-0.05, 0) is 0 Å². The number of aromatic nitrogens is 1. The number of hydrogen-bond donors (Lipinski definition) is 0. The third-order valence-corrected chi connectivity index (χ3v) is 3.47. The van der Waals surface area contributed by atoms with Gasteiger partial charge in [-0.25, -0.2) is 4.98 Å². The van der Waals surface area contributed by atoms with Gasteiger partial charge in [-0.1, -0.05) is 20.8 Å². The van der Waals surface area contributed by atoms with Crippen LogP contribution < -0.4 is 0 Å². The Bertz CT molecular complexity index is 378. The van der Waals surface area contributed by atoms with Crippen LogP contribution in [0.3, 0.4) is 0 Å². The summed E-state index contributed by atoms with van der Waals surface area (Å²) in [7, 11) is 0. The Morgan fingerprint density at radius 2 is 2.27 bits per heavy atom. The first-order valence-corrected chi connectivity index (χ1v) is 6.07. The highest BCUT2D eigenvalue weighted by atomic mass is 32.1. The monoisotopic (exact) mass is 224 g/mol. The molecule has 2 heterocycles. The Labute approximate surface area is 94.1 Å². The molecule has 0 atom stereocenters. The van der Waals surface area contributed by atoms with Gasteiger partial charge in [-0.15, -0.1) is 11.3 Å². The zero-order chi connectivity index (χ0) is 11.1. The van der Waals surface area contributed by atoms with Crippen LogP contribution in [-0.4, -0.2) is 22.3 Å². The molecule has 1 aliphatic heterocycles. The van der Waals surface area contributed by atoms with Crippen LogP contribution >= 0.6 is 11.3 Å². The van der Waals surface area contributed by atoms with E-state index in [1.807, 2.05) is 31.2 Å². The number of carbonyl (C=O) groups is 1. The molecular formula is C11H16N2OS. The van der Waals surface area contributed by atoms with Crippen molar-refractivity contribution in [2.24, 2.45) is 5.41 Å². The molecule has 1 aromatic heterocycles. The van der Waals surface area contributed by atoms with Crippen LogP contribution in [0, 0.1) is 5.41 Å². The fourth-order valence-corrected chi connectivity index (χ4v) is 2.60. The van der Waals surface area contributed by atoms with Crippen molar-refractivity contribution in [2.75, 3.05) is 6.54 Å². The first kappa shape index (κ1) is 10.6. The van der Waals surface area contributed by atoms with Gasteiger partial charge in [0.25, 0.3) is 0 Å². The largest absolute Gasteiger partial charge is 0.337 e. The van der Waals surface area contributed by atoms with Crippen LogP contribution in [0.1, 0.15) is 31.3 Å². The van der Waals surface area contributed by atoms with Crippen molar-refractivity contribution in [3.63, 3.8) is 0 Å². The maximum absolute atomic E-state index is 12.1. The van der Waals surface area contributed by atoms with E-state index in [1.54, 1.807) is 11.3 Å². The van der Waals surface area contributed by atoms with Crippen molar-refractivity contribution in [2.45, 2.75) is 33.7 Å². The second kappa shape index (κ2) is 3.59. The molecule has 0 fully saturated rings. The van der Waals surface area contributed by atoms with E-state index in [0.29, 0.717) is 0 Å². The highest BCUT2D eigenvalue weighted by Crippen LogP contribution is 2.25. The Hall–Kier alpha value is -0.900. The van der Waals surface area contributed by atoms with Gasteiger partial charge in [0.05, 0.1) is 17.7 Å². The summed E-state index contributed by atoms with van der Waals surface area (Å²) in [6.07, 6.45) is 0.903. The van der Waals surface area contributed by atoms with E-state index in [2.05, 4.69) is 4.98 Å². The lowest BCUT2D eigenvalue weighted by Gasteiger charge is -2.31. The minimum atomic E-state index is -0.276. The maximum atomic E-state index is 12.1. The predicted molar refractivity (Wildman–Crippen MR) is 60.7 cm³/mol. The molecule has 4 heteroatoms. The molecule has 0 radical (unpaired) electrons. The number of nitrogens with zero attached hydrogens (tertiary/aromatic N) is 2. The molecule has 0 N–H and O–H groups in total. The van der Waals surface area contributed by atoms with Gasteiger partial charge in [0.1, 0.15) is 0 Å². The second-order valence-corrected chi connectivity index (χ2v) is 5.89. The van der Waals surface area contributed by atoms with E-state index in [4.69, 9.17) is 0 Å². The smallest absolute Gasteiger partial charge is 0.228 e. The van der Waals surface area contributed by atoms with Gasteiger partial charge >= 0.3 is 0 Å². The lowest BCUT2D eigenvalue weighted by molar-refractivity contribution is -0.140. The lowest BCUT2D eigenvalue weighted by Crippen LogP contribution is -2.42. The molecule has 0 aliphatic carbocycles. The molecule has 1 aromatic rings. The number of thiazole rings is 1. The molecular weight excluding hydrogens is 208 g/mol. The summed E-state index contributed by atoms with van der Waals surface area (Å²) < 4.78 is 0. The minimum absolute atomic E-state index is 0.238. The Balaban J connectivity index is 2.14. The fourth-order valence-electron chi connectivity index (χ4n) is 1.77. The van der Waals surface area contributed by atoms with Crippen LogP contribution in [0.4, 0.5) is 0 Å². The van der Waals surface area contributed by atoms with E-state index in [9.17, 15) is 4.79 Å². The highest BCUT2D eigenvalue weighted by molar-refractivity contribution is 7.09. The van der Waals surface area contributed by atoms with Gasteiger partial charge in [0, 0.05) is 23.3 Å². The summed E-state index contributed by atoms with van der Waals surface area (Å²) in [4.78, 5) is 19.5. The van der Waals surface area contributed by atoms with E-state index < -0.39 is 0 Å². The van der Waals surface area contributed by atoms with Crippen LogP contribution in [0.25, 0.3) is 0 Å². The van der Waals surface area contributed by atoms with Gasteiger partial charge in [-0.3, -0.25) is 4.79 Å². The van der Waals surface area contributed by atoms with Crippen molar-refractivity contribution in [3.05, 3.63) is 16.1 Å². The molecule has 1 aliphatic rings. The molecule has 3 nitrogen and oxygen atoms in total. The van der Waals surface area contributed by atoms with Crippen molar-refractivity contribution in [1.82, 2.24) is 9.88 Å². The molecule has 15 heavy (non-hydrogen) atoms. The van der Waals surface area contributed by atoms with Gasteiger partial charge in [-0.2, -0.15) is 0 Å². The zero-order valence-corrected chi connectivity index (χ0v) is 10.2. The van der Waals surface area contributed by atoms with Crippen LogP contribution in [0.5, 0.6) is 0 Å². The van der Waals surface area contributed by atoms with E-state index >= 15 is 0 Å². The van der Waals surface area contributed by atoms with E-state index in [0.717, 1.165) is 19.5 Å². The predicted octanol–water partition coefficient (Wildman–Crippen LogP) is 2.07. The van der Waals surface area contributed by atoms with Crippen molar-refractivity contribution in [1.29, 1.82) is 0 Å². The summed E-state index contributed by atoms with van der Waals surface area (Å²) in [5.74, 6) is 0.238. The molecule has 0 saturated heterocycles.